The lowest BCUT2D eigenvalue weighted by Gasteiger charge is -2.21. The summed E-state index contributed by atoms with van der Waals surface area (Å²) < 4.78 is 34.6. The van der Waals surface area contributed by atoms with Crippen molar-refractivity contribution in [1.29, 1.82) is 0 Å². The van der Waals surface area contributed by atoms with Crippen LogP contribution in [0.15, 0.2) is 56.6 Å². The second-order valence-corrected chi connectivity index (χ2v) is 9.72. The van der Waals surface area contributed by atoms with Crippen LogP contribution in [0.2, 0.25) is 5.02 Å². The van der Waals surface area contributed by atoms with Crippen LogP contribution in [-0.2, 0) is 28.3 Å². The maximum absolute atomic E-state index is 12.9. The number of hydrogen-bond donors (Lipinski definition) is 2. The minimum Gasteiger partial charge on any atom is -0.408 e. The summed E-state index contributed by atoms with van der Waals surface area (Å²) in [5, 5.41) is 3.41. The summed E-state index contributed by atoms with van der Waals surface area (Å²) in [6.45, 7) is 3.86. The summed E-state index contributed by atoms with van der Waals surface area (Å²) in [4.78, 5) is 24.2. The Morgan fingerprint density at radius 3 is 2.48 bits per heavy atom. The average molecular weight is 466 g/mol. The maximum atomic E-state index is 12.9. The fourth-order valence-corrected chi connectivity index (χ4v) is 4.58. The Kier molecular flexibility index (Phi) is 6.88. The molecular weight excluding hydrogens is 442 g/mol. The second kappa shape index (κ2) is 9.25. The van der Waals surface area contributed by atoms with Gasteiger partial charge in [-0.1, -0.05) is 37.6 Å². The standard InChI is InChI=1S/C21H24ClN3O5S/c1-13(2)19(20(26)23-11-10-14-4-6-15(22)7-5-14)24-31(28,29)16-8-9-17-18(12-16)30-21(27)25(17)3/h4-9,12-13,19,24H,10-11H2,1-3H3,(H,23,26)/t19-/m1/s1. The van der Waals surface area contributed by atoms with E-state index in [1.807, 2.05) is 12.1 Å². The number of carbonyl (C=O) groups is 1. The monoisotopic (exact) mass is 465 g/mol. The summed E-state index contributed by atoms with van der Waals surface area (Å²) in [6.07, 6.45) is 0.587. The minimum absolute atomic E-state index is 0.0889. The van der Waals surface area contributed by atoms with Crippen molar-refractivity contribution in [1.82, 2.24) is 14.6 Å². The Hall–Kier alpha value is -2.62. The SMILES string of the molecule is CC(C)[C@@H](NS(=O)(=O)c1ccc2c(c1)oc(=O)n2C)C(=O)NCCc1ccc(Cl)cc1. The van der Waals surface area contributed by atoms with Gasteiger partial charge in [0.2, 0.25) is 15.9 Å². The number of rotatable bonds is 8. The van der Waals surface area contributed by atoms with E-state index in [-0.39, 0.29) is 16.4 Å². The van der Waals surface area contributed by atoms with E-state index in [4.69, 9.17) is 16.0 Å². The van der Waals surface area contributed by atoms with Gasteiger partial charge in [0.1, 0.15) is 6.04 Å². The highest BCUT2D eigenvalue weighted by atomic mass is 35.5. The van der Waals surface area contributed by atoms with Gasteiger partial charge in [0.15, 0.2) is 5.58 Å². The number of fused-ring (bicyclic) bond motifs is 1. The quantitative estimate of drug-likeness (QED) is 0.531. The molecule has 0 radical (unpaired) electrons. The Morgan fingerprint density at radius 2 is 1.84 bits per heavy atom. The molecule has 1 aromatic heterocycles. The highest BCUT2D eigenvalue weighted by Gasteiger charge is 2.28. The van der Waals surface area contributed by atoms with E-state index in [1.165, 1.54) is 29.8 Å². The molecule has 0 spiro atoms. The molecule has 3 aromatic rings. The fraction of sp³-hybridized carbons (Fsp3) is 0.333. The number of benzene rings is 2. The van der Waals surface area contributed by atoms with Crippen LogP contribution in [0.25, 0.3) is 11.1 Å². The molecule has 3 rings (SSSR count). The lowest BCUT2D eigenvalue weighted by Crippen LogP contribution is -2.49. The van der Waals surface area contributed by atoms with Gasteiger partial charge >= 0.3 is 5.76 Å². The number of halogens is 1. The van der Waals surface area contributed by atoms with Crippen LogP contribution >= 0.6 is 11.6 Å². The topological polar surface area (TPSA) is 110 Å². The van der Waals surface area contributed by atoms with Gasteiger partial charge in [0.05, 0.1) is 10.4 Å². The number of nitrogens with zero attached hydrogens (tertiary/aromatic N) is 1. The van der Waals surface area contributed by atoms with Gasteiger partial charge < -0.3 is 9.73 Å². The van der Waals surface area contributed by atoms with Crippen molar-refractivity contribution in [2.75, 3.05) is 6.54 Å². The molecule has 31 heavy (non-hydrogen) atoms. The van der Waals surface area contributed by atoms with Crippen LogP contribution in [0.4, 0.5) is 0 Å². The van der Waals surface area contributed by atoms with Gasteiger partial charge in [-0.25, -0.2) is 13.2 Å². The Morgan fingerprint density at radius 1 is 1.16 bits per heavy atom. The Labute approximate surface area is 185 Å². The summed E-state index contributed by atoms with van der Waals surface area (Å²) in [7, 11) is -2.49. The van der Waals surface area contributed by atoms with Gasteiger partial charge in [-0.05, 0) is 42.2 Å². The molecule has 0 aliphatic heterocycles. The van der Waals surface area contributed by atoms with Crippen molar-refractivity contribution < 1.29 is 17.6 Å². The number of hydrogen-bond acceptors (Lipinski definition) is 5. The van der Waals surface area contributed by atoms with E-state index >= 15 is 0 Å². The van der Waals surface area contributed by atoms with Gasteiger partial charge in [-0.3, -0.25) is 9.36 Å². The van der Waals surface area contributed by atoms with Crippen molar-refractivity contribution >= 4 is 38.6 Å². The summed E-state index contributed by atoms with van der Waals surface area (Å²) >= 11 is 5.87. The number of carbonyl (C=O) groups excluding carboxylic acids is 1. The zero-order chi connectivity index (χ0) is 22.8. The molecule has 0 unspecified atom stereocenters. The third-order valence-corrected chi connectivity index (χ3v) is 6.62. The van der Waals surface area contributed by atoms with Crippen molar-refractivity contribution in [3.63, 3.8) is 0 Å². The number of aromatic nitrogens is 1. The van der Waals surface area contributed by atoms with Gasteiger partial charge in [-0.2, -0.15) is 4.72 Å². The van der Waals surface area contributed by atoms with E-state index in [1.54, 1.807) is 26.0 Å². The molecule has 0 fully saturated rings. The molecule has 1 atom stereocenters. The Balaban J connectivity index is 1.71. The molecule has 0 bridgehead atoms. The average Bonchev–Trinajstić information content (AvgIpc) is 3.00. The fourth-order valence-electron chi connectivity index (χ4n) is 3.10. The molecular formula is C21H24ClN3O5S. The largest absolute Gasteiger partial charge is 0.419 e. The molecule has 0 aliphatic carbocycles. The predicted molar refractivity (Wildman–Crippen MR) is 119 cm³/mol. The number of amides is 1. The molecule has 8 nitrogen and oxygen atoms in total. The third kappa shape index (κ3) is 5.36. The first-order chi connectivity index (χ1) is 14.6. The van der Waals surface area contributed by atoms with Crippen molar-refractivity contribution in [2.45, 2.75) is 31.2 Å². The van der Waals surface area contributed by atoms with Crippen LogP contribution in [0, 0.1) is 5.92 Å². The van der Waals surface area contributed by atoms with Gasteiger partial charge in [0.25, 0.3) is 0 Å². The lowest BCUT2D eigenvalue weighted by atomic mass is 10.0. The molecule has 0 aliphatic rings. The van der Waals surface area contributed by atoms with E-state index in [9.17, 15) is 18.0 Å². The third-order valence-electron chi connectivity index (χ3n) is 4.93. The molecule has 2 aromatic carbocycles. The molecule has 1 amide bonds. The second-order valence-electron chi connectivity index (χ2n) is 7.57. The number of oxazole rings is 1. The zero-order valence-corrected chi connectivity index (χ0v) is 19.0. The van der Waals surface area contributed by atoms with Crippen LogP contribution in [0.1, 0.15) is 19.4 Å². The summed E-state index contributed by atoms with van der Waals surface area (Å²) in [5.74, 6) is -1.29. The first-order valence-corrected chi connectivity index (χ1v) is 11.6. The van der Waals surface area contributed by atoms with E-state index in [0.717, 1.165) is 5.56 Å². The zero-order valence-electron chi connectivity index (χ0n) is 17.4. The molecule has 10 heteroatoms. The molecule has 2 N–H and O–H groups in total. The summed E-state index contributed by atoms with van der Waals surface area (Å²) in [6, 6.07) is 10.5. The first-order valence-electron chi connectivity index (χ1n) is 9.72. The molecule has 166 valence electrons. The summed E-state index contributed by atoms with van der Waals surface area (Å²) in [5.41, 5.74) is 1.64. The van der Waals surface area contributed by atoms with E-state index in [0.29, 0.717) is 23.5 Å². The predicted octanol–water partition coefficient (Wildman–Crippen LogP) is 2.45. The van der Waals surface area contributed by atoms with Crippen LogP contribution in [0.3, 0.4) is 0 Å². The maximum Gasteiger partial charge on any atom is 0.419 e. The molecule has 0 saturated carbocycles. The van der Waals surface area contributed by atoms with Gasteiger partial charge in [0, 0.05) is 24.7 Å². The first kappa shape index (κ1) is 23.1. The normalized spacial score (nSPS) is 12.9. The lowest BCUT2D eigenvalue weighted by molar-refractivity contribution is -0.123. The molecule has 1 heterocycles. The van der Waals surface area contributed by atoms with Crippen molar-refractivity contribution in [2.24, 2.45) is 13.0 Å². The minimum atomic E-state index is -4.02. The van der Waals surface area contributed by atoms with Crippen LogP contribution < -0.4 is 15.8 Å². The van der Waals surface area contributed by atoms with Gasteiger partial charge in [-0.15, -0.1) is 0 Å². The number of aryl methyl sites for hydroxylation is 1. The van der Waals surface area contributed by atoms with E-state index < -0.39 is 27.7 Å². The van der Waals surface area contributed by atoms with Crippen molar-refractivity contribution in [3.8, 4) is 0 Å². The van der Waals surface area contributed by atoms with Crippen molar-refractivity contribution in [3.05, 3.63) is 63.6 Å². The van der Waals surface area contributed by atoms with E-state index in [2.05, 4.69) is 10.0 Å². The highest BCUT2D eigenvalue weighted by molar-refractivity contribution is 7.89. The number of nitrogens with one attached hydrogen (secondary N) is 2. The highest BCUT2D eigenvalue weighted by Crippen LogP contribution is 2.19. The van der Waals surface area contributed by atoms with Crippen LogP contribution in [0.5, 0.6) is 0 Å². The smallest absolute Gasteiger partial charge is 0.408 e. The van der Waals surface area contributed by atoms with Crippen LogP contribution in [-0.4, -0.2) is 31.5 Å². The molecule has 0 saturated heterocycles. The Bertz CT molecular complexity index is 1250. The number of sulfonamides is 1.